The maximum absolute atomic E-state index is 13.1. The molecule has 1 aromatic heterocycles. The molecule has 1 amide bonds. The second-order valence-electron chi connectivity index (χ2n) is 6.84. The Bertz CT molecular complexity index is 722. The van der Waals surface area contributed by atoms with Crippen molar-refractivity contribution in [3.05, 3.63) is 47.0 Å². The number of carbonyl (C=O) groups excluding carboxylic acids is 1. The number of halogens is 1. The van der Waals surface area contributed by atoms with Crippen LogP contribution in [-0.4, -0.2) is 28.3 Å². The Morgan fingerprint density at radius 1 is 1.28 bits per heavy atom. The number of benzene rings is 1. The van der Waals surface area contributed by atoms with Gasteiger partial charge in [0.1, 0.15) is 5.82 Å². The van der Waals surface area contributed by atoms with Crippen molar-refractivity contribution in [3.63, 3.8) is 0 Å². The summed E-state index contributed by atoms with van der Waals surface area (Å²) in [5.74, 6) is 0.127. The van der Waals surface area contributed by atoms with Crippen LogP contribution in [0.5, 0.6) is 0 Å². The Kier molecular flexibility index (Phi) is 6.31. The zero-order valence-corrected chi connectivity index (χ0v) is 15.3. The Labute approximate surface area is 148 Å². The molecule has 5 nitrogen and oxygen atoms in total. The lowest BCUT2D eigenvalue weighted by atomic mass is 10.0. The van der Waals surface area contributed by atoms with Crippen molar-refractivity contribution < 1.29 is 9.18 Å². The van der Waals surface area contributed by atoms with Crippen LogP contribution in [0.3, 0.4) is 0 Å². The molecular weight excluding hydrogens is 319 g/mol. The third kappa shape index (κ3) is 4.89. The number of nitrogens with one attached hydrogen (secondary N) is 1. The van der Waals surface area contributed by atoms with Crippen LogP contribution in [-0.2, 0) is 11.2 Å². The van der Waals surface area contributed by atoms with Gasteiger partial charge in [0.05, 0.1) is 17.8 Å². The van der Waals surface area contributed by atoms with Crippen molar-refractivity contribution in [2.45, 2.75) is 46.6 Å². The van der Waals surface area contributed by atoms with Crippen molar-refractivity contribution in [2.75, 3.05) is 6.54 Å². The van der Waals surface area contributed by atoms with E-state index in [9.17, 15) is 9.18 Å². The van der Waals surface area contributed by atoms with Crippen LogP contribution >= 0.6 is 0 Å². The van der Waals surface area contributed by atoms with Crippen LogP contribution in [0.4, 0.5) is 4.39 Å². The number of hydrogen-bond donors (Lipinski definition) is 2. The van der Waals surface area contributed by atoms with Crippen molar-refractivity contribution in [1.82, 2.24) is 15.1 Å². The predicted octanol–water partition coefficient (Wildman–Crippen LogP) is 2.66. The zero-order valence-electron chi connectivity index (χ0n) is 15.3. The van der Waals surface area contributed by atoms with Gasteiger partial charge in [-0.1, -0.05) is 13.8 Å². The molecule has 0 saturated heterocycles. The van der Waals surface area contributed by atoms with E-state index in [1.54, 1.807) is 16.8 Å². The summed E-state index contributed by atoms with van der Waals surface area (Å²) < 4.78 is 14.9. The molecule has 1 aromatic carbocycles. The highest BCUT2D eigenvalue weighted by atomic mass is 19.1. The van der Waals surface area contributed by atoms with Crippen LogP contribution in [0.1, 0.15) is 37.2 Å². The van der Waals surface area contributed by atoms with E-state index in [4.69, 9.17) is 5.73 Å². The maximum atomic E-state index is 13.1. The van der Waals surface area contributed by atoms with Crippen LogP contribution in [0, 0.1) is 25.6 Å². The Hall–Kier alpha value is -2.21. The summed E-state index contributed by atoms with van der Waals surface area (Å²) in [5.41, 5.74) is 9.09. The molecule has 0 aliphatic heterocycles. The molecule has 25 heavy (non-hydrogen) atoms. The van der Waals surface area contributed by atoms with Crippen molar-refractivity contribution >= 4 is 5.91 Å². The minimum absolute atomic E-state index is 0.0137. The van der Waals surface area contributed by atoms with Crippen LogP contribution < -0.4 is 11.1 Å². The molecule has 136 valence electrons. The lowest BCUT2D eigenvalue weighted by Crippen LogP contribution is -2.41. The lowest BCUT2D eigenvalue weighted by molar-refractivity contribution is -0.121. The number of nitrogens with zero attached hydrogens (tertiary/aromatic N) is 2. The largest absolute Gasteiger partial charge is 0.352 e. The number of nitrogens with two attached hydrogens (primary N) is 1. The number of rotatable bonds is 7. The summed E-state index contributed by atoms with van der Waals surface area (Å²) >= 11 is 0. The monoisotopic (exact) mass is 346 g/mol. The van der Waals surface area contributed by atoms with E-state index < -0.39 is 0 Å². The first-order chi connectivity index (χ1) is 11.8. The summed E-state index contributed by atoms with van der Waals surface area (Å²) in [4.78, 5) is 12.4. The molecule has 0 fully saturated rings. The smallest absolute Gasteiger partial charge is 0.224 e. The zero-order chi connectivity index (χ0) is 18.6. The molecular formula is C19H27FN4O. The summed E-state index contributed by atoms with van der Waals surface area (Å²) in [6, 6.07) is 6.13. The Morgan fingerprint density at radius 3 is 2.48 bits per heavy atom. The molecule has 0 saturated carbocycles. The van der Waals surface area contributed by atoms with Crippen LogP contribution in [0.2, 0.25) is 0 Å². The normalized spacial score (nSPS) is 12.4. The van der Waals surface area contributed by atoms with Gasteiger partial charge in [-0.15, -0.1) is 0 Å². The van der Waals surface area contributed by atoms with Crippen molar-refractivity contribution in [1.29, 1.82) is 0 Å². The second-order valence-corrected chi connectivity index (χ2v) is 6.84. The summed E-state index contributed by atoms with van der Waals surface area (Å²) in [7, 11) is 0. The molecule has 1 heterocycles. The van der Waals surface area contributed by atoms with Gasteiger partial charge in [-0.2, -0.15) is 5.10 Å². The minimum atomic E-state index is -0.289. The Morgan fingerprint density at radius 2 is 1.92 bits per heavy atom. The Balaban J connectivity index is 2.15. The number of amides is 1. The number of aromatic nitrogens is 2. The maximum Gasteiger partial charge on any atom is 0.224 e. The fourth-order valence-corrected chi connectivity index (χ4v) is 2.99. The van der Waals surface area contributed by atoms with Gasteiger partial charge in [-0.25, -0.2) is 9.07 Å². The van der Waals surface area contributed by atoms with Gasteiger partial charge in [-0.05, 0) is 50.5 Å². The lowest BCUT2D eigenvalue weighted by Gasteiger charge is -2.18. The summed E-state index contributed by atoms with van der Waals surface area (Å²) in [5, 5.41) is 7.51. The van der Waals surface area contributed by atoms with E-state index in [0.29, 0.717) is 12.5 Å². The second kappa shape index (κ2) is 8.25. The van der Waals surface area contributed by atoms with Gasteiger partial charge in [0, 0.05) is 23.8 Å². The van der Waals surface area contributed by atoms with Gasteiger partial charge >= 0.3 is 0 Å². The number of aryl methyl sites for hydroxylation is 1. The number of hydrogen-bond acceptors (Lipinski definition) is 3. The first kappa shape index (κ1) is 19.1. The first-order valence-corrected chi connectivity index (χ1v) is 8.62. The standard InChI is InChI=1S/C19H27FN4O/c1-12(2)9-16(11-21)22-19(25)10-18-13(3)23-24(14(18)4)17-7-5-15(20)6-8-17/h5-8,12,16H,9-11,21H2,1-4H3,(H,22,25). The summed E-state index contributed by atoms with van der Waals surface area (Å²) in [6.07, 6.45) is 1.11. The topological polar surface area (TPSA) is 72.9 Å². The van der Waals surface area contributed by atoms with E-state index in [1.165, 1.54) is 12.1 Å². The molecule has 2 aromatic rings. The average molecular weight is 346 g/mol. The fraction of sp³-hybridized carbons (Fsp3) is 0.474. The molecule has 6 heteroatoms. The molecule has 0 bridgehead atoms. The third-order valence-electron chi connectivity index (χ3n) is 4.26. The highest BCUT2D eigenvalue weighted by molar-refractivity contribution is 5.79. The predicted molar refractivity (Wildman–Crippen MR) is 97.1 cm³/mol. The van der Waals surface area contributed by atoms with Gasteiger partial charge in [0.15, 0.2) is 0 Å². The van der Waals surface area contributed by atoms with E-state index >= 15 is 0 Å². The van der Waals surface area contributed by atoms with Crippen molar-refractivity contribution in [3.8, 4) is 5.69 Å². The summed E-state index contributed by atoms with van der Waals surface area (Å²) in [6.45, 7) is 8.44. The van der Waals surface area contributed by atoms with Gasteiger partial charge in [-0.3, -0.25) is 4.79 Å². The average Bonchev–Trinajstić information content (AvgIpc) is 2.82. The molecule has 0 radical (unpaired) electrons. The van der Waals surface area contributed by atoms with Gasteiger partial charge < -0.3 is 11.1 Å². The third-order valence-corrected chi connectivity index (χ3v) is 4.26. The first-order valence-electron chi connectivity index (χ1n) is 8.62. The van der Waals surface area contributed by atoms with Gasteiger partial charge in [0.25, 0.3) is 0 Å². The molecule has 0 aliphatic carbocycles. The molecule has 3 N–H and O–H groups in total. The SMILES string of the molecule is Cc1nn(-c2ccc(F)cc2)c(C)c1CC(=O)NC(CN)CC(C)C. The van der Waals surface area contributed by atoms with E-state index in [-0.39, 0.29) is 24.2 Å². The quantitative estimate of drug-likeness (QED) is 0.809. The van der Waals surface area contributed by atoms with E-state index in [0.717, 1.165) is 29.1 Å². The highest BCUT2D eigenvalue weighted by Gasteiger charge is 2.18. The van der Waals surface area contributed by atoms with Crippen LogP contribution in [0.25, 0.3) is 5.69 Å². The highest BCUT2D eigenvalue weighted by Crippen LogP contribution is 2.19. The van der Waals surface area contributed by atoms with E-state index in [2.05, 4.69) is 24.3 Å². The van der Waals surface area contributed by atoms with Crippen molar-refractivity contribution in [2.24, 2.45) is 11.7 Å². The van der Waals surface area contributed by atoms with Crippen LogP contribution in [0.15, 0.2) is 24.3 Å². The molecule has 0 spiro atoms. The number of carbonyl (C=O) groups is 1. The molecule has 1 atom stereocenters. The molecule has 2 rings (SSSR count). The molecule has 1 unspecified atom stereocenters. The molecule has 0 aliphatic rings. The van der Waals surface area contributed by atoms with E-state index in [1.807, 2.05) is 13.8 Å². The van der Waals surface area contributed by atoms with Gasteiger partial charge in [0.2, 0.25) is 5.91 Å². The minimum Gasteiger partial charge on any atom is -0.352 e. The fourth-order valence-electron chi connectivity index (χ4n) is 2.99.